The number of alkyl halides is 1. The van der Waals surface area contributed by atoms with E-state index >= 15 is 4.39 Å². The largest absolute Gasteiger partial charge is 0.497 e. The molecule has 1 aliphatic rings. The number of benzene rings is 1. The van der Waals surface area contributed by atoms with Crippen molar-refractivity contribution in [3.8, 4) is 5.75 Å². The zero-order valence-electron chi connectivity index (χ0n) is 20.1. The molecule has 3 heterocycles. The van der Waals surface area contributed by atoms with E-state index in [9.17, 15) is 9.90 Å². The lowest BCUT2D eigenvalue weighted by Gasteiger charge is -2.38. The van der Waals surface area contributed by atoms with Crippen molar-refractivity contribution in [1.29, 1.82) is 0 Å². The minimum atomic E-state index is -1.13. The van der Waals surface area contributed by atoms with E-state index < -0.39 is 12.1 Å². The van der Waals surface area contributed by atoms with Crippen molar-refractivity contribution in [2.24, 2.45) is 11.8 Å². The monoisotopic (exact) mass is 500 g/mol. The SMILES string of the molecule is COc1ccc2nccc([C@@H](F)CC[C@@H]3CCN(CCCSc4ccoc4)C[C@@H]3CC(=O)O)c2c1. The smallest absolute Gasteiger partial charge is 0.303 e. The third-order valence-electron chi connectivity index (χ3n) is 6.91. The van der Waals surface area contributed by atoms with Gasteiger partial charge in [0.1, 0.15) is 18.2 Å². The highest BCUT2D eigenvalue weighted by Gasteiger charge is 2.31. The maximum absolute atomic E-state index is 15.4. The Bertz CT molecular complexity index is 1090. The number of carboxylic acids is 1. The van der Waals surface area contributed by atoms with Crippen LogP contribution in [0.4, 0.5) is 4.39 Å². The Morgan fingerprint density at radius 1 is 1.34 bits per heavy atom. The van der Waals surface area contributed by atoms with Crippen LogP contribution in [0.3, 0.4) is 0 Å². The van der Waals surface area contributed by atoms with Crippen LogP contribution >= 0.6 is 11.8 Å². The Morgan fingerprint density at radius 3 is 3.00 bits per heavy atom. The zero-order chi connectivity index (χ0) is 24.6. The number of carbonyl (C=O) groups is 1. The molecule has 0 bridgehead atoms. The van der Waals surface area contributed by atoms with Crippen molar-refractivity contribution in [2.45, 2.75) is 43.2 Å². The first-order chi connectivity index (χ1) is 17.0. The summed E-state index contributed by atoms with van der Waals surface area (Å²) >= 11 is 1.77. The van der Waals surface area contributed by atoms with Crippen LogP contribution in [0.25, 0.3) is 10.9 Å². The first kappa shape index (κ1) is 25.5. The van der Waals surface area contributed by atoms with Gasteiger partial charge in [-0.3, -0.25) is 9.78 Å². The average molecular weight is 501 g/mol. The number of methoxy groups -OCH3 is 1. The zero-order valence-corrected chi connectivity index (χ0v) is 20.9. The summed E-state index contributed by atoms with van der Waals surface area (Å²) in [7, 11) is 1.59. The fourth-order valence-corrected chi connectivity index (χ4v) is 5.85. The Hall–Kier alpha value is -2.58. The number of fused-ring (bicyclic) bond motifs is 1. The van der Waals surface area contributed by atoms with Crippen molar-refractivity contribution in [2.75, 3.05) is 32.5 Å². The number of thioether (sulfide) groups is 1. The molecular formula is C27H33FN2O4S. The Balaban J connectivity index is 1.32. The molecule has 6 nitrogen and oxygen atoms in total. The van der Waals surface area contributed by atoms with Crippen LogP contribution in [0.1, 0.15) is 43.8 Å². The van der Waals surface area contributed by atoms with Crippen LogP contribution < -0.4 is 4.74 Å². The average Bonchev–Trinajstić information content (AvgIpc) is 3.38. The lowest BCUT2D eigenvalue weighted by atomic mass is 9.79. The molecule has 1 N–H and O–H groups in total. The number of likely N-dealkylation sites (tertiary alicyclic amines) is 1. The van der Waals surface area contributed by atoms with Gasteiger partial charge in [0.2, 0.25) is 0 Å². The minimum absolute atomic E-state index is 0.0456. The van der Waals surface area contributed by atoms with Crippen LogP contribution in [0.15, 0.2) is 58.4 Å². The van der Waals surface area contributed by atoms with Crippen LogP contribution in [-0.4, -0.2) is 53.5 Å². The first-order valence-electron chi connectivity index (χ1n) is 12.2. The highest BCUT2D eigenvalue weighted by Crippen LogP contribution is 2.36. The second-order valence-electron chi connectivity index (χ2n) is 9.20. The van der Waals surface area contributed by atoms with E-state index in [1.807, 2.05) is 24.3 Å². The molecule has 35 heavy (non-hydrogen) atoms. The molecule has 8 heteroatoms. The molecule has 1 saturated heterocycles. The van der Waals surface area contributed by atoms with Gasteiger partial charge in [-0.25, -0.2) is 4.39 Å². The summed E-state index contributed by atoms with van der Waals surface area (Å²) in [5.74, 6) is 1.15. The highest BCUT2D eigenvalue weighted by molar-refractivity contribution is 7.99. The van der Waals surface area contributed by atoms with E-state index in [4.69, 9.17) is 9.15 Å². The van der Waals surface area contributed by atoms with E-state index in [1.54, 1.807) is 43.7 Å². The number of pyridine rings is 1. The standard InChI is InChI=1S/C27H33FN2O4S/c1-33-21-4-6-26-24(16-21)23(7-10-29-26)25(28)5-3-19-8-12-30(17-20(19)15-27(31)32)11-2-14-35-22-9-13-34-18-22/h4,6-7,9-10,13,16,18-20,25H,2-3,5,8,11-12,14-15,17H2,1H3,(H,31,32)/t19-,20+,25+/m1/s1. The van der Waals surface area contributed by atoms with Crippen LogP contribution in [0.2, 0.25) is 0 Å². The molecule has 0 aliphatic carbocycles. The van der Waals surface area contributed by atoms with Crippen molar-refractivity contribution >= 4 is 28.6 Å². The Morgan fingerprint density at radius 2 is 2.23 bits per heavy atom. The summed E-state index contributed by atoms with van der Waals surface area (Å²) in [4.78, 5) is 19.4. The quantitative estimate of drug-likeness (QED) is 0.234. The third-order valence-corrected chi connectivity index (χ3v) is 7.96. The van der Waals surface area contributed by atoms with Crippen molar-refractivity contribution < 1.29 is 23.4 Å². The topological polar surface area (TPSA) is 75.8 Å². The van der Waals surface area contributed by atoms with Gasteiger partial charge in [0.15, 0.2) is 0 Å². The number of carboxylic acid groups (broad SMARTS) is 1. The number of furan rings is 1. The fourth-order valence-electron chi connectivity index (χ4n) is 5.07. The summed E-state index contributed by atoms with van der Waals surface area (Å²) in [6.07, 6.45) is 7.08. The molecular weight excluding hydrogens is 467 g/mol. The van der Waals surface area contributed by atoms with Gasteiger partial charge in [0.05, 0.1) is 18.9 Å². The summed E-state index contributed by atoms with van der Waals surface area (Å²) in [6, 6.07) is 9.21. The van der Waals surface area contributed by atoms with Gasteiger partial charge < -0.3 is 19.2 Å². The van der Waals surface area contributed by atoms with Crippen molar-refractivity contribution in [3.63, 3.8) is 0 Å². The second kappa shape index (κ2) is 12.4. The molecule has 0 unspecified atom stereocenters. The van der Waals surface area contributed by atoms with Crippen molar-refractivity contribution in [1.82, 2.24) is 9.88 Å². The number of nitrogens with zero attached hydrogens (tertiary/aromatic N) is 2. The fraction of sp³-hybridized carbons (Fsp3) is 0.481. The van der Waals surface area contributed by atoms with Crippen LogP contribution in [0.5, 0.6) is 5.75 Å². The molecule has 2 aromatic heterocycles. The maximum Gasteiger partial charge on any atom is 0.303 e. The number of hydrogen-bond acceptors (Lipinski definition) is 6. The van der Waals surface area contributed by atoms with Crippen molar-refractivity contribution in [3.05, 3.63) is 54.6 Å². The molecule has 1 aromatic carbocycles. The van der Waals surface area contributed by atoms with Gasteiger partial charge in [-0.05, 0) is 92.3 Å². The third kappa shape index (κ3) is 6.98. The highest BCUT2D eigenvalue weighted by atomic mass is 32.2. The van der Waals surface area contributed by atoms with E-state index in [-0.39, 0.29) is 18.3 Å². The number of aliphatic carboxylic acids is 1. The lowest BCUT2D eigenvalue weighted by molar-refractivity contribution is -0.139. The number of hydrogen-bond donors (Lipinski definition) is 1. The molecule has 0 amide bonds. The predicted molar refractivity (Wildman–Crippen MR) is 136 cm³/mol. The Labute approximate surface area is 209 Å². The lowest BCUT2D eigenvalue weighted by Crippen LogP contribution is -2.42. The Kier molecular flexibility index (Phi) is 9.04. The second-order valence-corrected chi connectivity index (χ2v) is 10.4. The van der Waals surface area contributed by atoms with Gasteiger partial charge in [-0.15, -0.1) is 11.8 Å². The number of halogens is 1. The number of rotatable bonds is 12. The van der Waals surface area contributed by atoms with Gasteiger partial charge in [0.25, 0.3) is 0 Å². The number of aromatic nitrogens is 1. The van der Waals surface area contributed by atoms with Gasteiger partial charge in [0, 0.05) is 29.4 Å². The normalized spacial score (nSPS) is 19.6. The number of piperidine rings is 1. The predicted octanol–water partition coefficient (Wildman–Crippen LogP) is 6.22. The molecule has 3 atom stereocenters. The van der Waals surface area contributed by atoms with E-state index in [2.05, 4.69) is 9.88 Å². The van der Waals surface area contributed by atoms with E-state index in [1.165, 1.54) is 0 Å². The minimum Gasteiger partial charge on any atom is -0.497 e. The molecule has 0 saturated carbocycles. The maximum atomic E-state index is 15.4. The summed E-state index contributed by atoms with van der Waals surface area (Å²) in [6.45, 7) is 2.65. The molecule has 3 aromatic rings. The van der Waals surface area contributed by atoms with E-state index in [0.29, 0.717) is 24.2 Å². The van der Waals surface area contributed by atoms with Gasteiger partial charge in [-0.2, -0.15) is 0 Å². The summed E-state index contributed by atoms with van der Waals surface area (Å²) in [5.41, 5.74) is 1.37. The molecule has 0 radical (unpaired) electrons. The molecule has 1 aliphatic heterocycles. The molecule has 4 rings (SSSR count). The molecule has 1 fully saturated rings. The number of ether oxygens (including phenoxy) is 1. The van der Waals surface area contributed by atoms with Crippen LogP contribution in [0, 0.1) is 11.8 Å². The van der Waals surface area contributed by atoms with Gasteiger partial charge >= 0.3 is 5.97 Å². The first-order valence-corrected chi connectivity index (χ1v) is 13.2. The summed E-state index contributed by atoms with van der Waals surface area (Å²) < 4.78 is 25.9. The van der Waals surface area contributed by atoms with E-state index in [0.717, 1.165) is 54.0 Å². The summed E-state index contributed by atoms with van der Waals surface area (Å²) in [5, 5.41) is 10.3. The van der Waals surface area contributed by atoms with Gasteiger partial charge in [-0.1, -0.05) is 0 Å². The molecule has 0 spiro atoms. The van der Waals surface area contributed by atoms with Crippen LogP contribution in [-0.2, 0) is 4.79 Å². The molecule has 188 valence electrons.